The summed E-state index contributed by atoms with van der Waals surface area (Å²) in [5, 5.41) is 8.53. The highest BCUT2D eigenvalue weighted by molar-refractivity contribution is 5.65. The van der Waals surface area contributed by atoms with Crippen molar-refractivity contribution in [2.75, 3.05) is 33.2 Å². The molecule has 0 atom stereocenters. The van der Waals surface area contributed by atoms with Gasteiger partial charge in [0.1, 0.15) is 0 Å². The second-order valence-corrected chi connectivity index (χ2v) is 2.57. The molecule has 0 radical (unpaired) electrons. The smallest absolute Gasteiger partial charge is 0.407 e. The van der Waals surface area contributed by atoms with E-state index in [-0.39, 0.29) is 0 Å². The Bertz CT molecular complexity index is 131. The Balaban J connectivity index is 0.000000561. The van der Waals surface area contributed by atoms with Gasteiger partial charge in [-0.15, -0.1) is 0 Å². The van der Waals surface area contributed by atoms with Crippen LogP contribution in [0, 0.1) is 0 Å². The molecule has 0 aliphatic carbocycles. The molecule has 4 heteroatoms. The number of carboxylic acid groups (broad SMARTS) is 1. The molecule has 0 aromatic carbocycles. The van der Waals surface area contributed by atoms with E-state index in [1.165, 1.54) is 4.90 Å². The van der Waals surface area contributed by atoms with Crippen LogP contribution in [0.1, 0.15) is 13.8 Å². The van der Waals surface area contributed by atoms with Crippen LogP contribution in [0.3, 0.4) is 0 Å². The van der Waals surface area contributed by atoms with Gasteiger partial charge in [-0.3, -0.25) is 0 Å². The average Bonchev–Trinajstić information content (AvgIpc) is 2.09. The van der Waals surface area contributed by atoms with Crippen molar-refractivity contribution in [1.82, 2.24) is 9.80 Å². The maximum absolute atomic E-state index is 10.4. The van der Waals surface area contributed by atoms with Gasteiger partial charge >= 0.3 is 6.09 Å². The Labute approximate surface area is 73.8 Å². The lowest BCUT2D eigenvalue weighted by Crippen LogP contribution is -2.46. The van der Waals surface area contributed by atoms with Crippen molar-refractivity contribution in [3.63, 3.8) is 0 Å². The Kier molecular flexibility index (Phi) is 5.45. The second-order valence-electron chi connectivity index (χ2n) is 2.57. The molecule has 1 saturated heterocycles. The van der Waals surface area contributed by atoms with Crippen LogP contribution in [0.5, 0.6) is 0 Å². The standard InChI is InChI=1S/C6H12N2O2.C2H6/c1-7-2-4-8(5-3-7)6(9)10;1-2/h2-5H2,1H3,(H,9,10);1-2H3. The zero-order valence-electron chi connectivity index (χ0n) is 8.08. The number of carbonyl (C=O) groups is 1. The van der Waals surface area contributed by atoms with Crippen LogP contribution >= 0.6 is 0 Å². The minimum absolute atomic E-state index is 0.645. The lowest BCUT2D eigenvalue weighted by atomic mass is 10.3. The summed E-state index contributed by atoms with van der Waals surface area (Å²) in [6.07, 6.45) is -0.798. The monoisotopic (exact) mass is 174 g/mol. The number of piperazine rings is 1. The Hall–Kier alpha value is -0.770. The third-order valence-electron chi connectivity index (χ3n) is 1.77. The van der Waals surface area contributed by atoms with Gasteiger partial charge in [-0.25, -0.2) is 4.79 Å². The normalized spacial score (nSPS) is 18.1. The van der Waals surface area contributed by atoms with E-state index in [1.807, 2.05) is 20.9 Å². The van der Waals surface area contributed by atoms with E-state index in [0.717, 1.165) is 13.1 Å². The summed E-state index contributed by atoms with van der Waals surface area (Å²) in [5.41, 5.74) is 0. The minimum atomic E-state index is -0.798. The number of rotatable bonds is 0. The third kappa shape index (κ3) is 3.57. The fourth-order valence-electron chi connectivity index (χ4n) is 0.998. The van der Waals surface area contributed by atoms with Crippen molar-refractivity contribution in [2.24, 2.45) is 0 Å². The molecule has 1 heterocycles. The predicted molar refractivity (Wildman–Crippen MR) is 48.4 cm³/mol. The Morgan fingerprint density at radius 1 is 1.17 bits per heavy atom. The Morgan fingerprint density at radius 3 is 1.92 bits per heavy atom. The summed E-state index contributed by atoms with van der Waals surface area (Å²) in [4.78, 5) is 13.9. The first-order valence-electron chi connectivity index (χ1n) is 4.36. The lowest BCUT2D eigenvalue weighted by molar-refractivity contribution is 0.115. The van der Waals surface area contributed by atoms with Crippen LogP contribution < -0.4 is 0 Å². The molecule has 0 aromatic heterocycles. The van der Waals surface area contributed by atoms with Gasteiger partial charge in [-0.1, -0.05) is 13.8 Å². The highest BCUT2D eigenvalue weighted by atomic mass is 16.4. The van der Waals surface area contributed by atoms with Crippen LogP contribution in [-0.4, -0.2) is 54.2 Å². The van der Waals surface area contributed by atoms with Gasteiger partial charge in [0, 0.05) is 26.2 Å². The van der Waals surface area contributed by atoms with Crippen molar-refractivity contribution in [1.29, 1.82) is 0 Å². The Morgan fingerprint density at radius 2 is 1.58 bits per heavy atom. The van der Waals surface area contributed by atoms with Crippen molar-refractivity contribution in [3.8, 4) is 0 Å². The van der Waals surface area contributed by atoms with Gasteiger partial charge in [0.25, 0.3) is 0 Å². The molecule has 1 rings (SSSR count). The fraction of sp³-hybridized carbons (Fsp3) is 0.875. The molecule has 1 fully saturated rings. The summed E-state index contributed by atoms with van der Waals surface area (Å²) in [6, 6.07) is 0. The van der Waals surface area contributed by atoms with Gasteiger partial charge in [-0.2, -0.15) is 0 Å². The fourth-order valence-corrected chi connectivity index (χ4v) is 0.998. The van der Waals surface area contributed by atoms with Crippen LogP contribution in [0.2, 0.25) is 0 Å². The molecule has 1 aliphatic rings. The average molecular weight is 174 g/mol. The molecule has 0 saturated carbocycles. The van der Waals surface area contributed by atoms with Crippen LogP contribution in [-0.2, 0) is 0 Å². The number of hydrogen-bond donors (Lipinski definition) is 1. The topological polar surface area (TPSA) is 43.8 Å². The number of amides is 1. The summed E-state index contributed by atoms with van der Waals surface area (Å²) in [5.74, 6) is 0. The lowest BCUT2D eigenvalue weighted by Gasteiger charge is -2.30. The third-order valence-corrected chi connectivity index (χ3v) is 1.77. The van der Waals surface area contributed by atoms with E-state index in [4.69, 9.17) is 5.11 Å². The first-order chi connectivity index (χ1) is 5.70. The molecule has 4 nitrogen and oxygen atoms in total. The van der Waals surface area contributed by atoms with E-state index >= 15 is 0 Å². The highest BCUT2D eigenvalue weighted by Crippen LogP contribution is 1.97. The number of likely N-dealkylation sites (N-methyl/N-ethyl adjacent to an activating group) is 1. The second kappa shape index (κ2) is 5.83. The summed E-state index contributed by atoms with van der Waals surface area (Å²) >= 11 is 0. The van der Waals surface area contributed by atoms with E-state index in [0.29, 0.717) is 13.1 Å². The zero-order chi connectivity index (χ0) is 9.56. The molecular formula is C8H18N2O2. The van der Waals surface area contributed by atoms with Crippen LogP contribution in [0.4, 0.5) is 4.79 Å². The molecule has 1 N–H and O–H groups in total. The van der Waals surface area contributed by atoms with Crippen LogP contribution in [0.25, 0.3) is 0 Å². The number of nitrogens with zero attached hydrogens (tertiary/aromatic N) is 2. The van der Waals surface area contributed by atoms with Gasteiger partial charge in [0.2, 0.25) is 0 Å². The van der Waals surface area contributed by atoms with Crippen molar-refractivity contribution >= 4 is 6.09 Å². The SMILES string of the molecule is CC.CN1CCN(C(=O)O)CC1. The largest absolute Gasteiger partial charge is 0.465 e. The summed E-state index contributed by atoms with van der Waals surface area (Å²) in [6.45, 7) is 7.00. The first kappa shape index (κ1) is 11.2. The maximum Gasteiger partial charge on any atom is 0.407 e. The zero-order valence-corrected chi connectivity index (χ0v) is 8.08. The van der Waals surface area contributed by atoms with Crippen molar-refractivity contribution in [3.05, 3.63) is 0 Å². The first-order valence-corrected chi connectivity index (χ1v) is 4.36. The van der Waals surface area contributed by atoms with E-state index < -0.39 is 6.09 Å². The van der Waals surface area contributed by atoms with Gasteiger partial charge in [-0.05, 0) is 7.05 Å². The summed E-state index contributed by atoms with van der Waals surface area (Å²) in [7, 11) is 2.00. The predicted octanol–water partition coefficient (Wildman–Crippen LogP) is 0.938. The van der Waals surface area contributed by atoms with Gasteiger partial charge in [0.05, 0.1) is 0 Å². The number of hydrogen-bond acceptors (Lipinski definition) is 2. The summed E-state index contributed by atoms with van der Waals surface area (Å²) < 4.78 is 0. The van der Waals surface area contributed by atoms with E-state index in [9.17, 15) is 4.79 Å². The van der Waals surface area contributed by atoms with Gasteiger partial charge in [0.15, 0.2) is 0 Å². The molecule has 0 unspecified atom stereocenters. The molecule has 0 bridgehead atoms. The molecular weight excluding hydrogens is 156 g/mol. The van der Waals surface area contributed by atoms with E-state index in [2.05, 4.69) is 4.90 Å². The van der Waals surface area contributed by atoms with Gasteiger partial charge < -0.3 is 14.9 Å². The molecule has 12 heavy (non-hydrogen) atoms. The van der Waals surface area contributed by atoms with Crippen LogP contribution in [0.15, 0.2) is 0 Å². The quantitative estimate of drug-likeness (QED) is 0.594. The maximum atomic E-state index is 10.4. The highest BCUT2D eigenvalue weighted by Gasteiger charge is 2.16. The van der Waals surface area contributed by atoms with Crippen molar-refractivity contribution in [2.45, 2.75) is 13.8 Å². The molecule has 0 spiro atoms. The molecule has 1 aliphatic heterocycles. The minimum Gasteiger partial charge on any atom is -0.465 e. The van der Waals surface area contributed by atoms with Crippen molar-refractivity contribution < 1.29 is 9.90 Å². The molecule has 72 valence electrons. The van der Waals surface area contributed by atoms with E-state index in [1.54, 1.807) is 0 Å². The molecule has 0 aromatic rings. The molecule has 1 amide bonds.